The summed E-state index contributed by atoms with van der Waals surface area (Å²) in [6.45, 7) is 4.25. The van der Waals surface area contributed by atoms with Gasteiger partial charge in [-0.05, 0) is 38.1 Å². The third-order valence-corrected chi connectivity index (χ3v) is 4.38. The van der Waals surface area contributed by atoms with Crippen molar-refractivity contribution in [3.05, 3.63) is 65.9 Å². The molecule has 0 aliphatic rings. The zero-order valence-corrected chi connectivity index (χ0v) is 16.7. The Labute approximate surface area is 169 Å². The minimum absolute atomic E-state index is 0.0973. The van der Waals surface area contributed by atoms with Crippen LogP contribution in [0, 0.1) is 6.92 Å². The molecular weight excluding hydrogens is 368 g/mol. The topological polar surface area (TPSA) is 85.3 Å². The fourth-order valence-corrected chi connectivity index (χ4v) is 2.87. The molecule has 7 heteroatoms. The van der Waals surface area contributed by atoms with Crippen molar-refractivity contribution in [2.24, 2.45) is 0 Å². The fraction of sp³-hybridized carbons (Fsp3) is 0.227. The van der Waals surface area contributed by atoms with E-state index in [1.54, 1.807) is 18.0 Å². The standard InChI is InChI=1S/C22H24N4O3/c1-4-23-20(27)13-24-22(28)19-14-26(17-10-8-15(2)9-11-17)25-21(19)16-6-5-7-18(12-16)29-3/h5-12,14H,4,13H2,1-3H3,(H,23,27)(H,24,28). The highest BCUT2D eigenvalue weighted by atomic mass is 16.5. The van der Waals surface area contributed by atoms with Crippen LogP contribution in [0.3, 0.4) is 0 Å². The number of aryl methyl sites for hydroxylation is 1. The van der Waals surface area contributed by atoms with E-state index in [-0.39, 0.29) is 18.4 Å². The average Bonchev–Trinajstić information content (AvgIpc) is 3.18. The van der Waals surface area contributed by atoms with Gasteiger partial charge >= 0.3 is 0 Å². The molecule has 0 radical (unpaired) electrons. The van der Waals surface area contributed by atoms with Crippen LogP contribution in [0.25, 0.3) is 16.9 Å². The Balaban J connectivity index is 1.98. The first-order valence-electron chi connectivity index (χ1n) is 9.38. The molecule has 0 atom stereocenters. The number of carbonyl (C=O) groups excluding carboxylic acids is 2. The van der Waals surface area contributed by atoms with Gasteiger partial charge in [0.05, 0.1) is 24.9 Å². The minimum Gasteiger partial charge on any atom is -0.497 e. The van der Waals surface area contributed by atoms with E-state index in [1.807, 2.05) is 62.4 Å². The lowest BCUT2D eigenvalue weighted by Gasteiger charge is -2.06. The van der Waals surface area contributed by atoms with Gasteiger partial charge in [0.15, 0.2) is 0 Å². The van der Waals surface area contributed by atoms with Crippen LogP contribution in [0.2, 0.25) is 0 Å². The summed E-state index contributed by atoms with van der Waals surface area (Å²) in [4.78, 5) is 24.5. The van der Waals surface area contributed by atoms with E-state index >= 15 is 0 Å². The van der Waals surface area contributed by atoms with Crippen molar-refractivity contribution in [3.63, 3.8) is 0 Å². The van der Waals surface area contributed by atoms with E-state index in [0.29, 0.717) is 23.6 Å². The molecule has 3 rings (SSSR count). The highest BCUT2D eigenvalue weighted by Crippen LogP contribution is 2.27. The van der Waals surface area contributed by atoms with Crippen LogP contribution >= 0.6 is 0 Å². The lowest BCUT2D eigenvalue weighted by atomic mass is 10.1. The highest BCUT2D eigenvalue weighted by Gasteiger charge is 2.19. The minimum atomic E-state index is -0.368. The molecule has 150 valence electrons. The molecule has 1 heterocycles. The summed E-state index contributed by atoms with van der Waals surface area (Å²) in [5.41, 5.74) is 3.61. The third-order valence-electron chi connectivity index (χ3n) is 4.38. The predicted molar refractivity (Wildman–Crippen MR) is 111 cm³/mol. The van der Waals surface area contributed by atoms with Crippen LogP contribution in [0.15, 0.2) is 54.7 Å². The normalized spacial score (nSPS) is 10.4. The van der Waals surface area contributed by atoms with Gasteiger partial charge in [-0.2, -0.15) is 5.10 Å². The second kappa shape index (κ2) is 9.05. The van der Waals surface area contributed by atoms with Gasteiger partial charge in [0, 0.05) is 18.3 Å². The summed E-state index contributed by atoms with van der Waals surface area (Å²) in [6, 6.07) is 15.2. The molecule has 2 aromatic carbocycles. The van der Waals surface area contributed by atoms with Crippen molar-refractivity contribution < 1.29 is 14.3 Å². The Kier molecular flexibility index (Phi) is 6.29. The zero-order valence-electron chi connectivity index (χ0n) is 16.7. The summed E-state index contributed by atoms with van der Waals surface area (Å²) in [7, 11) is 1.59. The maximum Gasteiger partial charge on any atom is 0.255 e. The quantitative estimate of drug-likeness (QED) is 0.647. The van der Waals surface area contributed by atoms with Crippen LogP contribution < -0.4 is 15.4 Å². The Morgan fingerprint density at radius 1 is 1.10 bits per heavy atom. The first-order chi connectivity index (χ1) is 14.0. The maximum atomic E-state index is 12.8. The third kappa shape index (κ3) is 4.82. The van der Waals surface area contributed by atoms with Crippen LogP contribution in [0.5, 0.6) is 5.75 Å². The zero-order chi connectivity index (χ0) is 20.8. The van der Waals surface area contributed by atoms with E-state index in [1.165, 1.54) is 0 Å². The summed E-state index contributed by atoms with van der Waals surface area (Å²) in [5, 5.41) is 9.96. The second-order valence-corrected chi connectivity index (χ2v) is 6.54. The van der Waals surface area contributed by atoms with Gasteiger partial charge in [0.25, 0.3) is 5.91 Å². The van der Waals surface area contributed by atoms with E-state index in [4.69, 9.17) is 4.74 Å². The Morgan fingerprint density at radius 3 is 2.55 bits per heavy atom. The van der Waals surface area contributed by atoms with Gasteiger partial charge in [-0.25, -0.2) is 4.68 Å². The number of methoxy groups -OCH3 is 1. The molecule has 0 aliphatic carbocycles. The number of aromatic nitrogens is 2. The molecule has 0 unspecified atom stereocenters. The van der Waals surface area contributed by atoms with Crippen molar-refractivity contribution in [3.8, 4) is 22.7 Å². The largest absolute Gasteiger partial charge is 0.497 e. The summed E-state index contributed by atoms with van der Waals surface area (Å²) < 4.78 is 6.96. The molecule has 0 saturated carbocycles. The Hall–Kier alpha value is -3.61. The van der Waals surface area contributed by atoms with E-state index in [0.717, 1.165) is 16.8 Å². The highest BCUT2D eigenvalue weighted by molar-refractivity contribution is 6.01. The number of carbonyl (C=O) groups is 2. The Bertz CT molecular complexity index is 1010. The van der Waals surface area contributed by atoms with Crippen LogP contribution in [-0.4, -0.2) is 41.8 Å². The van der Waals surface area contributed by atoms with E-state index in [2.05, 4.69) is 15.7 Å². The molecule has 0 spiro atoms. The molecule has 29 heavy (non-hydrogen) atoms. The lowest BCUT2D eigenvalue weighted by molar-refractivity contribution is -0.120. The van der Waals surface area contributed by atoms with Crippen molar-refractivity contribution in [2.45, 2.75) is 13.8 Å². The molecule has 7 nitrogen and oxygen atoms in total. The van der Waals surface area contributed by atoms with Crippen LogP contribution in [0.4, 0.5) is 0 Å². The number of hydrogen-bond acceptors (Lipinski definition) is 4. The summed E-state index contributed by atoms with van der Waals surface area (Å²) >= 11 is 0. The number of amides is 2. The van der Waals surface area contributed by atoms with Crippen molar-refractivity contribution in [1.82, 2.24) is 20.4 Å². The number of nitrogens with zero attached hydrogens (tertiary/aromatic N) is 2. The van der Waals surface area contributed by atoms with Gasteiger partial charge in [0.1, 0.15) is 11.4 Å². The fourth-order valence-electron chi connectivity index (χ4n) is 2.87. The first kappa shape index (κ1) is 20.1. The number of likely N-dealkylation sites (N-methyl/N-ethyl adjacent to an activating group) is 1. The van der Waals surface area contributed by atoms with Crippen LogP contribution in [-0.2, 0) is 4.79 Å². The van der Waals surface area contributed by atoms with Gasteiger partial charge < -0.3 is 15.4 Å². The molecule has 0 bridgehead atoms. The SMILES string of the molecule is CCNC(=O)CNC(=O)c1cn(-c2ccc(C)cc2)nc1-c1cccc(OC)c1. The molecule has 3 aromatic rings. The Morgan fingerprint density at radius 2 is 1.86 bits per heavy atom. The van der Waals surface area contributed by atoms with Crippen molar-refractivity contribution >= 4 is 11.8 Å². The smallest absolute Gasteiger partial charge is 0.255 e. The van der Waals surface area contributed by atoms with Crippen molar-refractivity contribution in [1.29, 1.82) is 0 Å². The van der Waals surface area contributed by atoms with Crippen molar-refractivity contribution in [2.75, 3.05) is 20.2 Å². The van der Waals surface area contributed by atoms with Gasteiger partial charge in [0.2, 0.25) is 5.91 Å². The summed E-state index contributed by atoms with van der Waals surface area (Å²) in [5.74, 6) is 0.0585. The molecule has 2 amide bonds. The molecule has 0 aliphatic heterocycles. The molecule has 0 saturated heterocycles. The second-order valence-electron chi connectivity index (χ2n) is 6.54. The molecule has 1 aromatic heterocycles. The lowest BCUT2D eigenvalue weighted by Crippen LogP contribution is -2.36. The predicted octanol–water partition coefficient (Wildman–Crippen LogP) is 2.72. The van der Waals surface area contributed by atoms with E-state index in [9.17, 15) is 9.59 Å². The monoisotopic (exact) mass is 392 g/mol. The molecule has 2 N–H and O–H groups in total. The first-order valence-corrected chi connectivity index (χ1v) is 9.38. The molecule has 0 fully saturated rings. The number of rotatable bonds is 7. The van der Waals surface area contributed by atoms with Gasteiger partial charge in [-0.15, -0.1) is 0 Å². The number of nitrogens with one attached hydrogen (secondary N) is 2. The number of hydrogen-bond donors (Lipinski definition) is 2. The van der Waals surface area contributed by atoms with Gasteiger partial charge in [-0.3, -0.25) is 9.59 Å². The summed E-state index contributed by atoms with van der Waals surface area (Å²) in [6.07, 6.45) is 1.67. The number of ether oxygens (including phenoxy) is 1. The van der Waals surface area contributed by atoms with Gasteiger partial charge in [-0.1, -0.05) is 29.8 Å². The van der Waals surface area contributed by atoms with Crippen LogP contribution in [0.1, 0.15) is 22.8 Å². The van der Waals surface area contributed by atoms with E-state index < -0.39 is 0 Å². The average molecular weight is 392 g/mol. The molecular formula is C22H24N4O3. The maximum absolute atomic E-state index is 12.8. The number of benzene rings is 2.